The van der Waals surface area contributed by atoms with Crippen LogP contribution in [-0.2, 0) is 0 Å². The molecule has 0 aliphatic heterocycles. The Morgan fingerprint density at radius 3 is 2.75 bits per heavy atom. The molecule has 1 atom stereocenters. The normalized spacial score (nSPS) is 12.4. The quantitative estimate of drug-likeness (QED) is 0.826. The minimum absolute atomic E-state index is 0.155. The maximum absolute atomic E-state index is 5.44. The Morgan fingerprint density at radius 1 is 1.35 bits per heavy atom. The molecule has 0 aliphatic rings. The van der Waals surface area contributed by atoms with Crippen molar-refractivity contribution in [3.63, 3.8) is 0 Å². The summed E-state index contributed by atoms with van der Waals surface area (Å²) in [6, 6.07) is 6.33. The smallest absolute Gasteiger partial charge is 0.276 e. The van der Waals surface area contributed by atoms with Crippen LogP contribution in [0.2, 0.25) is 0 Å². The summed E-state index contributed by atoms with van der Waals surface area (Å²) in [6.07, 6.45) is 0. The Labute approximate surface area is 123 Å². The number of aryl methyl sites for hydroxylation is 2. The van der Waals surface area contributed by atoms with Crippen molar-refractivity contribution in [1.82, 2.24) is 15.5 Å². The topological polar surface area (TPSA) is 60.2 Å². The van der Waals surface area contributed by atoms with E-state index in [1.54, 1.807) is 14.0 Å². The lowest BCUT2D eigenvalue weighted by atomic mass is 10.0. The third kappa shape index (κ3) is 3.52. The van der Waals surface area contributed by atoms with Gasteiger partial charge in [-0.2, -0.15) is 0 Å². The average Bonchev–Trinajstić information content (AvgIpc) is 2.85. The van der Waals surface area contributed by atoms with Crippen molar-refractivity contribution in [2.75, 3.05) is 19.9 Å². The van der Waals surface area contributed by atoms with Crippen molar-refractivity contribution in [2.45, 2.75) is 25.1 Å². The molecule has 1 unspecified atom stereocenters. The Hall–Kier alpha value is -1.53. The number of ether oxygens (including phenoxy) is 1. The lowest BCUT2D eigenvalue weighted by Gasteiger charge is -2.19. The number of methoxy groups -OCH3 is 1. The van der Waals surface area contributed by atoms with E-state index >= 15 is 0 Å². The van der Waals surface area contributed by atoms with Crippen molar-refractivity contribution in [1.29, 1.82) is 0 Å². The molecule has 2 rings (SSSR count). The Bertz CT molecular complexity index is 571. The van der Waals surface area contributed by atoms with Gasteiger partial charge in [-0.3, -0.25) is 0 Å². The van der Waals surface area contributed by atoms with Crippen molar-refractivity contribution in [3.05, 3.63) is 35.2 Å². The molecule has 1 aromatic heterocycles. The average molecular weight is 293 g/mol. The highest BCUT2D eigenvalue weighted by Crippen LogP contribution is 2.30. The zero-order valence-corrected chi connectivity index (χ0v) is 13.0. The SMILES string of the molecule is CNC(CSc1nnc(C)o1)c1cc(C)ccc1OC. The fraction of sp³-hybridized carbons (Fsp3) is 0.429. The first-order valence-corrected chi connectivity index (χ1v) is 7.37. The van der Waals surface area contributed by atoms with Gasteiger partial charge in [-0.05, 0) is 20.0 Å². The molecule has 1 aromatic carbocycles. The highest BCUT2D eigenvalue weighted by atomic mass is 32.2. The number of hydrogen-bond acceptors (Lipinski definition) is 6. The van der Waals surface area contributed by atoms with Crippen LogP contribution in [0.25, 0.3) is 0 Å². The molecule has 0 bridgehead atoms. The number of rotatable bonds is 6. The summed E-state index contributed by atoms with van der Waals surface area (Å²) >= 11 is 1.54. The summed E-state index contributed by atoms with van der Waals surface area (Å²) in [7, 11) is 3.63. The van der Waals surface area contributed by atoms with E-state index in [0.29, 0.717) is 11.1 Å². The van der Waals surface area contributed by atoms with Crippen LogP contribution in [0.1, 0.15) is 23.1 Å². The molecule has 2 aromatic rings. The first kappa shape index (κ1) is 14.9. The van der Waals surface area contributed by atoms with Crippen molar-refractivity contribution < 1.29 is 9.15 Å². The number of benzene rings is 1. The van der Waals surface area contributed by atoms with Gasteiger partial charge in [0.1, 0.15) is 5.75 Å². The zero-order chi connectivity index (χ0) is 14.5. The number of hydrogen-bond donors (Lipinski definition) is 1. The van der Waals surface area contributed by atoms with Crippen LogP contribution < -0.4 is 10.1 Å². The highest BCUT2D eigenvalue weighted by molar-refractivity contribution is 7.99. The Balaban J connectivity index is 2.13. The maximum atomic E-state index is 5.44. The molecule has 0 spiro atoms. The van der Waals surface area contributed by atoms with E-state index < -0.39 is 0 Å². The van der Waals surface area contributed by atoms with Gasteiger partial charge in [-0.25, -0.2) is 0 Å². The van der Waals surface area contributed by atoms with Crippen LogP contribution in [0.5, 0.6) is 5.75 Å². The van der Waals surface area contributed by atoms with E-state index in [1.807, 2.05) is 19.2 Å². The van der Waals surface area contributed by atoms with E-state index in [9.17, 15) is 0 Å². The molecule has 108 valence electrons. The third-order valence-corrected chi connectivity index (χ3v) is 3.90. The second-order valence-corrected chi connectivity index (χ2v) is 5.46. The van der Waals surface area contributed by atoms with Crippen LogP contribution in [0.3, 0.4) is 0 Å². The summed E-state index contributed by atoms with van der Waals surface area (Å²) in [4.78, 5) is 0. The predicted octanol–water partition coefficient (Wildman–Crippen LogP) is 2.75. The van der Waals surface area contributed by atoms with Crippen LogP contribution in [0.15, 0.2) is 27.8 Å². The molecular formula is C14H19N3O2S. The molecule has 1 N–H and O–H groups in total. The highest BCUT2D eigenvalue weighted by Gasteiger charge is 2.16. The maximum Gasteiger partial charge on any atom is 0.276 e. The number of aromatic nitrogens is 2. The standard InChI is InChI=1S/C14H19N3O2S/c1-9-5-6-13(18-4)11(7-9)12(15-3)8-20-14-17-16-10(2)19-14/h5-7,12,15H,8H2,1-4H3. The molecule has 6 heteroatoms. The lowest BCUT2D eigenvalue weighted by molar-refractivity contribution is 0.403. The molecular weight excluding hydrogens is 274 g/mol. The fourth-order valence-corrected chi connectivity index (χ4v) is 2.88. The zero-order valence-electron chi connectivity index (χ0n) is 12.1. The predicted molar refractivity (Wildman–Crippen MR) is 79.3 cm³/mol. The largest absolute Gasteiger partial charge is 0.496 e. The summed E-state index contributed by atoms with van der Waals surface area (Å²) in [5, 5.41) is 11.7. The molecule has 0 radical (unpaired) electrons. The Morgan fingerprint density at radius 2 is 2.15 bits per heavy atom. The van der Waals surface area contributed by atoms with Gasteiger partial charge in [0.2, 0.25) is 5.89 Å². The van der Waals surface area contributed by atoms with Gasteiger partial charge in [-0.1, -0.05) is 29.5 Å². The van der Waals surface area contributed by atoms with Gasteiger partial charge in [0.05, 0.1) is 7.11 Å². The van der Waals surface area contributed by atoms with E-state index in [0.717, 1.165) is 17.1 Å². The summed E-state index contributed by atoms with van der Waals surface area (Å²) < 4.78 is 10.8. The Kier molecular flexibility index (Phi) is 5.03. The van der Waals surface area contributed by atoms with Gasteiger partial charge in [0.15, 0.2) is 0 Å². The van der Waals surface area contributed by atoms with Gasteiger partial charge < -0.3 is 14.5 Å². The second kappa shape index (κ2) is 6.76. The molecule has 0 saturated carbocycles. The van der Waals surface area contributed by atoms with Gasteiger partial charge in [0, 0.05) is 24.3 Å². The second-order valence-electron chi connectivity index (χ2n) is 4.48. The number of nitrogens with one attached hydrogen (secondary N) is 1. The molecule has 20 heavy (non-hydrogen) atoms. The molecule has 1 heterocycles. The van der Waals surface area contributed by atoms with E-state index in [2.05, 4.69) is 28.5 Å². The summed E-state index contributed by atoms with van der Waals surface area (Å²) in [5.74, 6) is 2.26. The van der Waals surface area contributed by atoms with Crippen LogP contribution in [0.4, 0.5) is 0 Å². The van der Waals surface area contributed by atoms with Gasteiger partial charge in [-0.15, -0.1) is 10.2 Å². The van der Waals surface area contributed by atoms with Crippen molar-refractivity contribution in [2.24, 2.45) is 0 Å². The molecule has 5 nitrogen and oxygen atoms in total. The lowest BCUT2D eigenvalue weighted by Crippen LogP contribution is -2.19. The summed E-state index contributed by atoms with van der Waals surface area (Å²) in [6.45, 7) is 3.86. The van der Waals surface area contributed by atoms with Crippen molar-refractivity contribution >= 4 is 11.8 Å². The van der Waals surface area contributed by atoms with Crippen LogP contribution in [0, 0.1) is 13.8 Å². The van der Waals surface area contributed by atoms with E-state index in [-0.39, 0.29) is 6.04 Å². The van der Waals surface area contributed by atoms with Gasteiger partial charge >= 0.3 is 0 Å². The van der Waals surface area contributed by atoms with E-state index in [4.69, 9.17) is 9.15 Å². The minimum atomic E-state index is 0.155. The minimum Gasteiger partial charge on any atom is -0.496 e. The molecule has 0 amide bonds. The third-order valence-electron chi connectivity index (χ3n) is 2.99. The summed E-state index contributed by atoms with van der Waals surface area (Å²) in [5.41, 5.74) is 2.35. The first-order chi connectivity index (χ1) is 9.63. The number of thioether (sulfide) groups is 1. The molecule has 0 aliphatic carbocycles. The molecule has 0 fully saturated rings. The van der Waals surface area contributed by atoms with Crippen LogP contribution >= 0.6 is 11.8 Å². The number of nitrogens with zero attached hydrogens (tertiary/aromatic N) is 2. The van der Waals surface area contributed by atoms with Crippen LogP contribution in [-0.4, -0.2) is 30.1 Å². The van der Waals surface area contributed by atoms with Gasteiger partial charge in [0.25, 0.3) is 5.22 Å². The first-order valence-electron chi connectivity index (χ1n) is 6.38. The van der Waals surface area contributed by atoms with Crippen molar-refractivity contribution in [3.8, 4) is 5.75 Å². The fourth-order valence-electron chi connectivity index (χ4n) is 1.95. The molecule has 0 saturated heterocycles. The van der Waals surface area contributed by atoms with E-state index in [1.165, 1.54) is 17.3 Å². The monoisotopic (exact) mass is 293 g/mol.